The van der Waals surface area contributed by atoms with Crippen molar-refractivity contribution in [2.45, 2.75) is 103 Å². The Morgan fingerprint density at radius 1 is 0.631 bits per heavy atom. The molecule has 2 aliphatic heterocycles. The Balaban J connectivity index is 0.973. The van der Waals surface area contributed by atoms with Gasteiger partial charge >= 0.3 is 0 Å². The normalized spacial score (nSPS) is 18.6. The molecule has 0 radical (unpaired) electrons. The molecule has 0 aliphatic carbocycles. The van der Waals surface area contributed by atoms with Crippen LogP contribution in [0.15, 0.2) is 108 Å². The van der Waals surface area contributed by atoms with Gasteiger partial charge in [0.05, 0.1) is 56.7 Å². The number of carbonyl (C=O) groups excluding carboxylic acids is 4. The van der Waals surface area contributed by atoms with Crippen LogP contribution in [0.25, 0.3) is 22.8 Å². The molecule has 5 aromatic rings. The smallest absolute Gasteiger partial charge is 0.247 e. The van der Waals surface area contributed by atoms with Gasteiger partial charge in [-0.15, -0.1) is 0 Å². The van der Waals surface area contributed by atoms with E-state index >= 15 is 0 Å². The minimum atomic E-state index is -0.716. The van der Waals surface area contributed by atoms with Crippen LogP contribution >= 0.6 is 0 Å². The third-order valence-corrected chi connectivity index (χ3v) is 11.1. The summed E-state index contributed by atoms with van der Waals surface area (Å²) >= 11 is 0. The summed E-state index contributed by atoms with van der Waals surface area (Å²) in [5, 5.41) is 5.99. The van der Waals surface area contributed by atoms with Crippen molar-refractivity contribution in [3.05, 3.63) is 114 Å². The van der Waals surface area contributed by atoms with Crippen LogP contribution in [-0.2, 0) is 41.5 Å². The van der Waals surface area contributed by atoms with Crippen LogP contribution in [-0.4, -0.2) is 101 Å². The minimum absolute atomic E-state index is 0.126. The zero-order valence-electron chi connectivity index (χ0n) is 38.4. The van der Waals surface area contributed by atoms with Crippen LogP contribution in [0, 0.1) is 0 Å². The average Bonchev–Trinajstić information content (AvgIpc) is 4.03. The van der Waals surface area contributed by atoms with E-state index in [2.05, 4.69) is 15.6 Å². The predicted molar refractivity (Wildman–Crippen MR) is 248 cm³/mol. The molecule has 0 saturated carbocycles. The summed E-state index contributed by atoms with van der Waals surface area (Å²) in [5.41, 5.74) is 3.28. The standard InChI is InChI=1S/C51H59N5O9/c1-50(2,3)64-40-27-42(55(30-40)45(57)25-32-11-9-13-38(23-32)61-7)47(59)53-36-19-15-34(16-20-36)44-29-52-49(63-44)35-17-21-37(22-18-35)54-48(60)43-28-41(65-51(4,5)6)31-56(43)46(58)26-33-12-10-14-39(24-33)62-8/h9-24,29,40-43H,25-28,30-31H2,1-8H3,(H,53,59)(H,54,60). The van der Waals surface area contributed by atoms with Gasteiger partial charge in [-0.05, 0) is 125 Å². The number of nitrogens with zero attached hydrogens (tertiary/aromatic N) is 3. The van der Waals surface area contributed by atoms with Gasteiger partial charge < -0.3 is 43.8 Å². The summed E-state index contributed by atoms with van der Waals surface area (Å²) in [5.74, 6) is 1.30. The highest BCUT2D eigenvalue weighted by molar-refractivity contribution is 5.99. The van der Waals surface area contributed by atoms with Gasteiger partial charge in [-0.25, -0.2) is 4.98 Å². The number of nitrogens with one attached hydrogen (secondary N) is 2. The van der Waals surface area contributed by atoms with Crippen molar-refractivity contribution in [3.8, 4) is 34.3 Å². The van der Waals surface area contributed by atoms with Gasteiger partial charge in [-0.3, -0.25) is 19.2 Å². The van der Waals surface area contributed by atoms with Crippen molar-refractivity contribution in [2.24, 2.45) is 0 Å². The molecule has 1 aromatic heterocycles. The Morgan fingerprint density at radius 2 is 1.06 bits per heavy atom. The number of carbonyl (C=O) groups is 4. The number of benzene rings is 4. The minimum Gasteiger partial charge on any atom is -0.497 e. The number of methoxy groups -OCH3 is 2. The number of hydrogen-bond donors (Lipinski definition) is 2. The van der Waals surface area contributed by atoms with Crippen LogP contribution < -0.4 is 20.1 Å². The molecule has 0 bridgehead atoms. The summed E-state index contributed by atoms with van der Waals surface area (Å²) in [7, 11) is 3.16. The highest BCUT2D eigenvalue weighted by atomic mass is 16.5. The summed E-state index contributed by atoms with van der Waals surface area (Å²) in [6, 6.07) is 27.6. The molecule has 4 amide bonds. The molecule has 2 saturated heterocycles. The molecule has 14 heteroatoms. The van der Waals surface area contributed by atoms with Crippen molar-refractivity contribution >= 4 is 35.0 Å². The number of anilines is 2. The van der Waals surface area contributed by atoms with E-state index in [1.54, 1.807) is 66.6 Å². The van der Waals surface area contributed by atoms with Crippen LogP contribution in [0.1, 0.15) is 65.5 Å². The molecule has 3 heterocycles. The van der Waals surface area contributed by atoms with E-state index in [-0.39, 0.29) is 48.7 Å². The Hall–Kier alpha value is -6.51. The van der Waals surface area contributed by atoms with Gasteiger partial charge in [0, 0.05) is 48.4 Å². The topological polar surface area (TPSA) is 162 Å². The molecular formula is C51H59N5O9. The Labute approximate surface area is 380 Å². The van der Waals surface area contributed by atoms with Crippen molar-refractivity contribution in [1.29, 1.82) is 0 Å². The Morgan fingerprint density at radius 3 is 1.48 bits per heavy atom. The molecule has 2 fully saturated rings. The molecule has 342 valence electrons. The van der Waals surface area contributed by atoms with E-state index in [0.29, 0.717) is 66.0 Å². The van der Waals surface area contributed by atoms with E-state index in [9.17, 15) is 19.2 Å². The lowest BCUT2D eigenvalue weighted by atomic mass is 10.1. The second-order valence-corrected chi connectivity index (χ2v) is 18.5. The molecule has 65 heavy (non-hydrogen) atoms. The predicted octanol–water partition coefficient (Wildman–Crippen LogP) is 7.96. The van der Waals surface area contributed by atoms with Gasteiger partial charge in [-0.2, -0.15) is 0 Å². The number of hydrogen-bond acceptors (Lipinski definition) is 10. The van der Waals surface area contributed by atoms with Crippen molar-refractivity contribution in [2.75, 3.05) is 37.9 Å². The zero-order valence-corrected chi connectivity index (χ0v) is 38.4. The van der Waals surface area contributed by atoms with E-state index in [1.807, 2.05) is 102 Å². The lowest BCUT2D eigenvalue weighted by Crippen LogP contribution is -2.44. The zero-order chi connectivity index (χ0) is 46.5. The summed E-state index contributed by atoms with van der Waals surface area (Å²) in [4.78, 5) is 62.6. The summed E-state index contributed by atoms with van der Waals surface area (Å²) in [6.07, 6.45) is 2.04. The van der Waals surface area contributed by atoms with Crippen LogP contribution in [0.4, 0.5) is 11.4 Å². The lowest BCUT2D eigenvalue weighted by Gasteiger charge is -2.25. The lowest BCUT2D eigenvalue weighted by molar-refractivity contribution is -0.136. The second kappa shape index (κ2) is 19.7. The Kier molecular flexibility index (Phi) is 14.1. The van der Waals surface area contributed by atoms with Gasteiger partial charge in [0.25, 0.3) is 0 Å². The molecule has 4 unspecified atom stereocenters. The SMILES string of the molecule is COc1cccc(CC(=O)N2CC(OC(C)(C)C)CC2C(=O)Nc2ccc(-c3cnc(-c4ccc(NC(=O)C5CC(OC(C)(C)C)CN5C(=O)Cc5cccc(OC)c5)cc4)o3)cc2)c1. The second-order valence-electron chi connectivity index (χ2n) is 18.5. The fourth-order valence-corrected chi connectivity index (χ4v) is 8.34. The van der Waals surface area contributed by atoms with Crippen LogP contribution in [0.5, 0.6) is 11.5 Å². The van der Waals surface area contributed by atoms with Crippen molar-refractivity contribution in [1.82, 2.24) is 14.8 Å². The third-order valence-electron chi connectivity index (χ3n) is 11.1. The van der Waals surface area contributed by atoms with E-state index in [0.717, 1.165) is 16.7 Å². The van der Waals surface area contributed by atoms with Crippen molar-refractivity contribution in [3.63, 3.8) is 0 Å². The highest BCUT2D eigenvalue weighted by Crippen LogP contribution is 2.31. The molecule has 2 N–H and O–H groups in total. The molecule has 7 rings (SSSR count). The molecule has 0 spiro atoms. The van der Waals surface area contributed by atoms with Crippen LogP contribution in [0.2, 0.25) is 0 Å². The van der Waals surface area contributed by atoms with Gasteiger partial charge in [0.2, 0.25) is 29.5 Å². The molecular weight excluding hydrogens is 827 g/mol. The Bertz CT molecular complexity index is 2300. The quantitative estimate of drug-likeness (QED) is 0.112. The first kappa shape index (κ1) is 46.5. The molecule has 14 nitrogen and oxygen atoms in total. The summed E-state index contributed by atoms with van der Waals surface area (Å²) in [6.45, 7) is 12.4. The highest BCUT2D eigenvalue weighted by Gasteiger charge is 2.43. The number of ether oxygens (including phenoxy) is 4. The maximum atomic E-state index is 13.8. The van der Waals surface area contributed by atoms with Crippen LogP contribution in [0.3, 0.4) is 0 Å². The maximum absolute atomic E-state index is 13.8. The van der Waals surface area contributed by atoms with Crippen molar-refractivity contribution < 1.29 is 42.5 Å². The van der Waals surface area contributed by atoms with E-state index in [1.165, 1.54) is 0 Å². The third kappa shape index (κ3) is 12.2. The molecule has 2 aliphatic rings. The number of amides is 4. The maximum Gasteiger partial charge on any atom is 0.247 e. The number of rotatable bonds is 14. The first-order chi connectivity index (χ1) is 30.9. The molecule has 4 aromatic carbocycles. The monoisotopic (exact) mass is 885 g/mol. The van der Waals surface area contributed by atoms with Gasteiger partial charge in [0.1, 0.15) is 23.6 Å². The first-order valence-corrected chi connectivity index (χ1v) is 21.9. The van der Waals surface area contributed by atoms with E-state index in [4.69, 9.17) is 23.4 Å². The average molecular weight is 886 g/mol. The molecule has 4 atom stereocenters. The number of aromatic nitrogens is 1. The van der Waals surface area contributed by atoms with Gasteiger partial charge in [-0.1, -0.05) is 24.3 Å². The number of oxazole rings is 1. The van der Waals surface area contributed by atoms with Gasteiger partial charge in [0.15, 0.2) is 5.76 Å². The van der Waals surface area contributed by atoms with E-state index < -0.39 is 23.3 Å². The fourth-order valence-electron chi connectivity index (χ4n) is 8.34. The number of likely N-dealkylation sites (tertiary alicyclic amines) is 2. The summed E-state index contributed by atoms with van der Waals surface area (Å²) < 4.78 is 29.3. The largest absolute Gasteiger partial charge is 0.497 e. The first-order valence-electron chi connectivity index (χ1n) is 21.9. The fraction of sp³-hybridized carbons (Fsp3) is 0.392.